The Morgan fingerprint density at radius 1 is 1.06 bits per heavy atom. The molecule has 1 aromatic heterocycles. The first-order valence-electron chi connectivity index (χ1n) is 10.6. The van der Waals surface area contributed by atoms with E-state index in [9.17, 15) is 14.0 Å². The number of halogens is 1. The number of amides is 2. The third kappa shape index (κ3) is 6.02. The molecule has 4 rings (SSSR count). The number of nitrogens with zero attached hydrogens (tertiary/aromatic N) is 4. The predicted molar refractivity (Wildman–Crippen MR) is 120 cm³/mol. The zero-order chi connectivity index (χ0) is 21.6. The SMILES string of the molecule is O=C(Nc1ccc(F)cc1)c1nnc(SCC(=O)N2CCC(N3CCCCC3)CC2)s1. The van der Waals surface area contributed by atoms with Crippen LogP contribution in [0.2, 0.25) is 0 Å². The summed E-state index contributed by atoms with van der Waals surface area (Å²) in [7, 11) is 0. The van der Waals surface area contributed by atoms with Gasteiger partial charge in [-0.15, -0.1) is 10.2 Å². The Morgan fingerprint density at radius 2 is 1.77 bits per heavy atom. The summed E-state index contributed by atoms with van der Waals surface area (Å²) in [6, 6.07) is 6.13. The van der Waals surface area contributed by atoms with E-state index in [1.54, 1.807) is 0 Å². The Bertz CT molecular complexity index is 893. The van der Waals surface area contributed by atoms with Crippen LogP contribution in [0.4, 0.5) is 10.1 Å². The van der Waals surface area contributed by atoms with Gasteiger partial charge in [-0.05, 0) is 63.0 Å². The molecule has 1 N–H and O–H groups in total. The van der Waals surface area contributed by atoms with Crippen LogP contribution in [0, 0.1) is 5.82 Å². The molecule has 1 aromatic carbocycles. The second-order valence-electron chi connectivity index (χ2n) is 7.83. The molecule has 31 heavy (non-hydrogen) atoms. The smallest absolute Gasteiger partial charge is 0.286 e. The molecule has 3 heterocycles. The topological polar surface area (TPSA) is 78.4 Å². The maximum absolute atomic E-state index is 13.0. The van der Waals surface area contributed by atoms with Crippen molar-refractivity contribution in [2.75, 3.05) is 37.2 Å². The predicted octanol–water partition coefficient (Wildman–Crippen LogP) is 3.50. The maximum atomic E-state index is 13.0. The van der Waals surface area contributed by atoms with E-state index in [1.807, 2.05) is 4.90 Å². The Balaban J connectivity index is 1.21. The van der Waals surface area contributed by atoms with Crippen molar-refractivity contribution in [1.29, 1.82) is 0 Å². The molecule has 0 saturated carbocycles. The summed E-state index contributed by atoms with van der Waals surface area (Å²) in [6.45, 7) is 4.01. The number of hydrogen-bond acceptors (Lipinski definition) is 7. The van der Waals surface area contributed by atoms with E-state index < -0.39 is 5.91 Å². The van der Waals surface area contributed by atoms with E-state index in [-0.39, 0.29) is 16.7 Å². The highest BCUT2D eigenvalue weighted by atomic mass is 32.2. The van der Waals surface area contributed by atoms with Crippen molar-refractivity contribution >= 4 is 40.6 Å². The van der Waals surface area contributed by atoms with E-state index >= 15 is 0 Å². The molecule has 0 unspecified atom stereocenters. The van der Waals surface area contributed by atoms with E-state index in [0.717, 1.165) is 37.3 Å². The molecule has 0 radical (unpaired) electrons. The molecule has 2 fully saturated rings. The van der Waals surface area contributed by atoms with Crippen LogP contribution in [0.25, 0.3) is 0 Å². The van der Waals surface area contributed by atoms with E-state index in [2.05, 4.69) is 20.4 Å². The molecular weight excluding hydrogens is 437 g/mol. The quantitative estimate of drug-likeness (QED) is 0.661. The normalized spacial score (nSPS) is 18.2. The average Bonchev–Trinajstić information content (AvgIpc) is 3.29. The number of anilines is 1. The van der Waals surface area contributed by atoms with Gasteiger partial charge < -0.3 is 15.1 Å². The van der Waals surface area contributed by atoms with Crippen molar-refractivity contribution in [3.05, 3.63) is 35.1 Å². The van der Waals surface area contributed by atoms with Gasteiger partial charge >= 0.3 is 0 Å². The fourth-order valence-electron chi connectivity index (χ4n) is 4.06. The fourth-order valence-corrected chi connectivity index (χ4v) is 5.71. The Labute approximate surface area is 189 Å². The molecule has 0 bridgehead atoms. The number of hydrogen-bond donors (Lipinski definition) is 1. The highest BCUT2D eigenvalue weighted by Gasteiger charge is 2.27. The third-order valence-electron chi connectivity index (χ3n) is 5.75. The molecule has 0 aliphatic carbocycles. The Kier molecular flexibility index (Phi) is 7.52. The first kappa shape index (κ1) is 22.2. The van der Waals surface area contributed by atoms with Gasteiger partial charge in [-0.2, -0.15) is 0 Å². The number of benzene rings is 1. The average molecular weight is 464 g/mol. The second kappa shape index (κ2) is 10.5. The summed E-state index contributed by atoms with van der Waals surface area (Å²) in [4.78, 5) is 29.4. The molecule has 2 saturated heterocycles. The van der Waals surface area contributed by atoms with Gasteiger partial charge in [0.25, 0.3) is 5.91 Å². The van der Waals surface area contributed by atoms with Crippen molar-refractivity contribution in [2.45, 2.75) is 42.5 Å². The largest absolute Gasteiger partial charge is 0.342 e. The lowest BCUT2D eigenvalue weighted by Crippen LogP contribution is -2.48. The van der Waals surface area contributed by atoms with Crippen LogP contribution in [0.3, 0.4) is 0 Å². The lowest BCUT2D eigenvalue weighted by atomic mass is 10.00. The number of nitrogens with one attached hydrogen (secondary N) is 1. The van der Waals surface area contributed by atoms with Gasteiger partial charge in [0.1, 0.15) is 5.82 Å². The van der Waals surface area contributed by atoms with E-state index in [4.69, 9.17) is 0 Å². The van der Waals surface area contributed by atoms with Crippen LogP contribution >= 0.6 is 23.1 Å². The van der Waals surface area contributed by atoms with Crippen molar-refractivity contribution in [3.63, 3.8) is 0 Å². The summed E-state index contributed by atoms with van der Waals surface area (Å²) in [5.74, 6) is -0.368. The van der Waals surface area contributed by atoms with Gasteiger partial charge in [0.2, 0.25) is 10.9 Å². The highest BCUT2D eigenvalue weighted by molar-refractivity contribution is 8.01. The van der Waals surface area contributed by atoms with Gasteiger partial charge in [0, 0.05) is 24.8 Å². The number of aromatic nitrogens is 2. The summed E-state index contributed by atoms with van der Waals surface area (Å²) < 4.78 is 13.6. The molecule has 2 aliphatic heterocycles. The lowest BCUT2D eigenvalue weighted by Gasteiger charge is -2.40. The van der Waals surface area contributed by atoms with Gasteiger partial charge in [-0.3, -0.25) is 9.59 Å². The minimum atomic E-state index is -0.401. The van der Waals surface area contributed by atoms with Crippen molar-refractivity contribution in [1.82, 2.24) is 20.0 Å². The van der Waals surface area contributed by atoms with Gasteiger partial charge in [0.05, 0.1) is 5.75 Å². The molecule has 2 aliphatic rings. The summed E-state index contributed by atoms with van der Waals surface area (Å²) in [5.41, 5.74) is 0.485. The van der Waals surface area contributed by atoms with Crippen molar-refractivity contribution in [2.24, 2.45) is 0 Å². The lowest BCUT2D eigenvalue weighted by molar-refractivity contribution is -0.129. The molecule has 7 nitrogen and oxygen atoms in total. The zero-order valence-corrected chi connectivity index (χ0v) is 18.9. The molecule has 2 aromatic rings. The molecule has 2 amide bonds. The van der Waals surface area contributed by atoms with Crippen LogP contribution in [-0.4, -0.2) is 69.8 Å². The molecular formula is C21H26FN5O2S2. The molecule has 10 heteroatoms. The molecule has 0 atom stereocenters. The monoisotopic (exact) mass is 463 g/mol. The van der Waals surface area contributed by atoms with Crippen LogP contribution < -0.4 is 5.32 Å². The minimum absolute atomic E-state index is 0.106. The number of piperidine rings is 2. The van der Waals surface area contributed by atoms with Gasteiger partial charge in [0.15, 0.2) is 4.34 Å². The van der Waals surface area contributed by atoms with Crippen molar-refractivity contribution < 1.29 is 14.0 Å². The van der Waals surface area contributed by atoms with E-state index in [0.29, 0.717) is 21.8 Å². The number of likely N-dealkylation sites (tertiary alicyclic amines) is 2. The first-order chi connectivity index (χ1) is 15.1. The summed E-state index contributed by atoms with van der Waals surface area (Å²) in [6.07, 6.45) is 6.02. The fraction of sp³-hybridized carbons (Fsp3) is 0.524. The Hall–Kier alpha value is -2.04. The van der Waals surface area contributed by atoms with Gasteiger partial charge in [-0.1, -0.05) is 29.5 Å². The van der Waals surface area contributed by atoms with Crippen molar-refractivity contribution in [3.8, 4) is 0 Å². The highest BCUT2D eigenvalue weighted by Crippen LogP contribution is 2.25. The zero-order valence-electron chi connectivity index (χ0n) is 17.3. The van der Waals surface area contributed by atoms with Gasteiger partial charge in [-0.25, -0.2) is 4.39 Å². The molecule has 166 valence electrons. The summed E-state index contributed by atoms with van der Waals surface area (Å²) in [5, 5.41) is 10.8. The maximum Gasteiger partial charge on any atom is 0.286 e. The standard InChI is InChI=1S/C21H26FN5O2S2/c22-15-4-6-16(7-5-15)23-19(29)20-24-25-21(31-20)30-14-18(28)27-12-8-17(9-13-27)26-10-2-1-3-11-26/h4-7,17H,1-3,8-14H2,(H,23,29). The number of carbonyl (C=O) groups excluding carboxylic acids is 2. The minimum Gasteiger partial charge on any atom is -0.342 e. The number of thioether (sulfide) groups is 1. The first-order valence-corrected chi connectivity index (χ1v) is 12.4. The number of rotatable bonds is 6. The number of carbonyl (C=O) groups is 2. The van der Waals surface area contributed by atoms with Crippen LogP contribution in [0.5, 0.6) is 0 Å². The Morgan fingerprint density at radius 3 is 2.48 bits per heavy atom. The summed E-state index contributed by atoms with van der Waals surface area (Å²) >= 11 is 2.46. The second-order valence-corrected chi connectivity index (χ2v) is 10.0. The molecule has 0 spiro atoms. The van der Waals surface area contributed by atoms with Crippen LogP contribution in [-0.2, 0) is 4.79 Å². The van der Waals surface area contributed by atoms with E-state index in [1.165, 1.54) is 68.4 Å². The third-order valence-corrected chi connectivity index (χ3v) is 7.79. The van der Waals surface area contributed by atoms with Crippen LogP contribution in [0.15, 0.2) is 28.6 Å². The van der Waals surface area contributed by atoms with Crippen LogP contribution in [0.1, 0.15) is 41.9 Å².